The lowest BCUT2D eigenvalue weighted by Crippen LogP contribution is -2.29. The fourth-order valence-electron chi connectivity index (χ4n) is 3.80. The number of aliphatic hydroxyl groups is 1. The topological polar surface area (TPSA) is 76.1 Å². The quantitative estimate of drug-likeness (QED) is 0.272. The summed E-state index contributed by atoms with van der Waals surface area (Å²) in [4.78, 5) is 27.5. The number of carbonyl (C=O) groups is 2. The van der Waals surface area contributed by atoms with Crippen LogP contribution in [0.5, 0.6) is 11.5 Å². The van der Waals surface area contributed by atoms with E-state index < -0.39 is 29.3 Å². The average molecular weight is 502 g/mol. The molecule has 0 saturated carbocycles. The number of carbonyl (C=O) groups excluding carboxylic acids is 2. The molecule has 0 bridgehead atoms. The summed E-state index contributed by atoms with van der Waals surface area (Å²) in [6.07, 6.45) is 0. The van der Waals surface area contributed by atoms with Crippen LogP contribution < -0.4 is 14.4 Å². The van der Waals surface area contributed by atoms with E-state index >= 15 is 0 Å². The van der Waals surface area contributed by atoms with Crippen molar-refractivity contribution in [1.29, 1.82) is 0 Å². The number of aliphatic hydroxyl groups excluding tert-OH is 1. The summed E-state index contributed by atoms with van der Waals surface area (Å²) in [5, 5.41) is 11.3. The molecule has 1 heterocycles. The van der Waals surface area contributed by atoms with Crippen molar-refractivity contribution in [2.24, 2.45) is 0 Å². The van der Waals surface area contributed by atoms with Crippen LogP contribution in [0.4, 0.5) is 10.1 Å². The third-order valence-electron chi connectivity index (χ3n) is 5.48. The van der Waals surface area contributed by atoms with Crippen molar-refractivity contribution in [2.75, 3.05) is 19.1 Å². The third-order valence-corrected chi connectivity index (χ3v) is 6.08. The number of anilines is 1. The highest BCUT2D eigenvalue weighted by Crippen LogP contribution is 2.43. The summed E-state index contributed by atoms with van der Waals surface area (Å²) in [6.45, 7) is 0. The Morgan fingerprint density at radius 3 is 2.26 bits per heavy atom. The maximum absolute atomic E-state index is 13.8. The van der Waals surface area contributed by atoms with Gasteiger partial charge >= 0.3 is 0 Å². The van der Waals surface area contributed by atoms with Crippen molar-refractivity contribution in [3.63, 3.8) is 0 Å². The van der Waals surface area contributed by atoms with E-state index in [0.717, 1.165) is 6.07 Å². The smallest absolute Gasteiger partial charge is 0.300 e. The van der Waals surface area contributed by atoms with Gasteiger partial charge in [0, 0.05) is 11.3 Å². The second-order valence-corrected chi connectivity index (χ2v) is 8.20. The Morgan fingerprint density at radius 1 is 0.941 bits per heavy atom. The number of nitrogens with zero attached hydrogens (tertiary/aromatic N) is 1. The molecule has 0 spiro atoms. The molecule has 1 amide bonds. The molecule has 1 aliphatic rings. The van der Waals surface area contributed by atoms with Gasteiger partial charge < -0.3 is 14.6 Å². The van der Waals surface area contributed by atoms with E-state index in [-0.39, 0.29) is 27.6 Å². The lowest BCUT2D eigenvalue weighted by molar-refractivity contribution is -0.132. The van der Waals surface area contributed by atoms with Crippen molar-refractivity contribution in [3.05, 3.63) is 93.2 Å². The molecule has 1 aliphatic heterocycles. The minimum atomic E-state index is -1.02. The Kier molecular flexibility index (Phi) is 6.50. The summed E-state index contributed by atoms with van der Waals surface area (Å²) in [5.41, 5.74) is 0.792. The molecule has 0 radical (unpaired) electrons. The Labute approximate surface area is 204 Å². The van der Waals surface area contributed by atoms with Crippen molar-refractivity contribution >= 4 is 46.3 Å². The van der Waals surface area contributed by atoms with Crippen molar-refractivity contribution < 1.29 is 28.6 Å². The molecular formula is C25H18Cl2FNO5. The van der Waals surface area contributed by atoms with Crippen LogP contribution in [-0.2, 0) is 9.59 Å². The molecule has 9 heteroatoms. The SMILES string of the molecule is COc1ccc(C2/C(=C(\O)c3ccc(Cl)c(OC)c3)C(=O)C(=O)N2c2ccc(F)c(Cl)c2)cc1. The van der Waals surface area contributed by atoms with E-state index in [4.69, 9.17) is 32.7 Å². The zero-order chi connectivity index (χ0) is 24.6. The van der Waals surface area contributed by atoms with Gasteiger partial charge in [0.25, 0.3) is 11.7 Å². The zero-order valence-electron chi connectivity index (χ0n) is 18.0. The molecule has 1 N–H and O–H groups in total. The Bertz CT molecular complexity index is 1320. The number of rotatable bonds is 5. The summed E-state index contributed by atoms with van der Waals surface area (Å²) in [7, 11) is 2.93. The van der Waals surface area contributed by atoms with Crippen LogP contribution in [0, 0.1) is 5.82 Å². The maximum atomic E-state index is 13.8. The van der Waals surface area contributed by atoms with E-state index in [1.165, 1.54) is 49.5 Å². The minimum Gasteiger partial charge on any atom is -0.507 e. The lowest BCUT2D eigenvalue weighted by atomic mass is 9.95. The van der Waals surface area contributed by atoms with Crippen LogP contribution >= 0.6 is 23.2 Å². The molecule has 1 fully saturated rings. The van der Waals surface area contributed by atoms with Gasteiger partial charge in [-0.25, -0.2) is 4.39 Å². The summed E-state index contributed by atoms with van der Waals surface area (Å²) < 4.78 is 24.2. The number of hydrogen-bond acceptors (Lipinski definition) is 5. The first-order valence-electron chi connectivity index (χ1n) is 10.0. The van der Waals surface area contributed by atoms with E-state index in [1.807, 2.05) is 0 Å². The standard InChI is InChI=1S/C25H18Cl2FNO5/c1-33-16-7-3-13(4-8-16)22-21(23(30)14-5-9-17(26)20(11-14)34-2)24(31)25(32)29(22)15-6-10-19(28)18(27)12-15/h3-12,22,30H,1-2H3/b23-21+. The number of hydrogen-bond donors (Lipinski definition) is 1. The molecule has 6 nitrogen and oxygen atoms in total. The van der Waals surface area contributed by atoms with Gasteiger partial charge in [0.15, 0.2) is 0 Å². The van der Waals surface area contributed by atoms with Crippen LogP contribution in [-0.4, -0.2) is 31.0 Å². The Hall–Kier alpha value is -3.55. The van der Waals surface area contributed by atoms with Gasteiger partial charge in [-0.15, -0.1) is 0 Å². The van der Waals surface area contributed by atoms with Crippen LogP contribution in [0.25, 0.3) is 5.76 Å². The highest BCUT2D eigenvalue weighted by atomic mass is 35.5. The Morgan fingerprint density at radius 2 is 1.65 bits per heavy atom. The van der Waals surface area contributed by atoms with Crippen LogP contribution in [0.15, 0.2) is 66.2 Å². The molecule has 0 aromatic heterocycles. The molecule has 3 aromatic carbocycles. The van der Waals surface area contributed by atoms with Crippen LogP contribution in [0.2, 0.25) is 10.0 Å². The molecule has 174 valence electrons. The number of benzene rings is 3. The van der Waals surface area contributed by atoms with Gasteiger partial charge in [0.2, 0.25) is 0 Å². The second-order valence-electron chi connectivity index (χ2n) is 7.39. The number of ether oxygens (including phenoxy) is 2. The van der Waals surface area contributed by atoms with Gasteiger partial charge in [0.1, 0.15) is 23.1 Å². The van der Waals surface area contributed by atoms with E-state index in [9.17, 15) is 19.1 Å². The number of Topliss-reactive ketones (excluding diaryl/α,β-unsaturated/α-hetero) is 1. The van der Waals surface area contributed by atoms with Crippen molar-refractivity contribution in [2.45, 2.75) is 6.04 Å². The number of ketones is 1. The van der Waals surface area contributed by atoms with E-state index in [0.29, 0.717) is 16.3 Å². The third kappa shape index (κ3) is 4.08. The molecular weight excluding hydrogens is 484 g/mol. The van der Waals surface area contributed by atoms with Gasteiger partial charge in [-0.1, -0.05) is 35.3 Å². The maximum Gasteiger partial charge on any atom is 0.300 e. The predicted molar refractivity (Wildman–Crippen MR) is 127 cm³/mol. The first-order chi connectivity index (χ1) is 16.3. The lowest BCUT2D eigenvalue weighted by Gasteiger charge is -2.25. The van der Waals surface area contributed by atoms with Crippen LogP contribution in [0.1, 0.15) is 17.2 Å². The van der Waals surface area contributed by atoms with E-state index in [1.54, 1.807) is 24.3 Å². The minimum absolute atomic E-state index is 0.153. The highest BCUT2D eigenvalue weighted by molar-refractivity contribution is 6.51. The first-order valence-corrected chi connectivity index (χ1v) is 10.8. The van der Waals surface area contributed by atoms with Gasteiger partial charge in [-0.2, -0.15) is 0 Å². The summed E-state index contributed by atoms with van der Waals surface area (Å²) >= 11 is 12.0. The van der Waals surface area contributed by atoms with Crippen molar-refractivity contribution in [3.8, 4) is 11.5 Å². The van der Waals surface area contributed by atoms with E-state index in [2.05, 4.69) is 0 Å². The summed E-state index contributed by atoms with van der Waals surface area (Å²) in [5.74, 6) is -2.04. The van der Waals surface area contributed by atoms with Crippen molar-refractivity contribution in [1.82, 2.24) is 0 Å². The first kappa shape index (κ1) is 23.6. The van der Waals surface area contributed by atoms with Gasteiger partial charge in [0.05, 0.1) is 35.9 Å². The normalized spacial score (nSPS) is 17.2. The second kappa shape index (κ2) is 9.37. The molecule has 1 atom stereocenters. The monoisotopic (exact) mass is 501 g/mol. The zero-order valence-corrected chi connectivity index (χ0v) is 19.5. The molecule has 3 aromatic rings. The fraction of sp³-hybridized carbons (Fsp3) is 0.120. The number of amides is 1. The average Bonchev–Trinajstić information content (AvgIpc) is 3.11. The number of methoxy groups -OCH3 is 2. The molecule has 0 aliphatic carbocycles. The van der Waals surface area contributed by atoms with Crippen LogP contribution in [0.3, 0.4) is 0 Å². The highest BCUT2D eigenvalue weighted by Gasteiger charge is 2.47. The van der Waals surface area contributed by atoms with Gasteiger partial charge in [-0.05, 0) is 54.1 Å². The largest absolute Gasteiger partial charge is 0.507 e. The number of halogens is 3. The summed E-state index contributed by atoms with van der Waals surface area (Å²) in [6, 6.07) is 13.8. The molecule has 34 heavy (non-hydrogen) atoms. The van der Waals surface area contributed by atoms with Gasteiger partial charge in [-0.3, -0.25) is 14.5 Å². The predicted octanol–water partition coefficient (Wildman–Crippen LogP) is 5.78. The Balaban J connectivity index is 1.95. The molecule has 4 rings (SSSR count). The fourth-order valence-corrected chi connectivity index (χ4v) is 4.17. The molecule has 1 saturated heterocycles. The molecule has 1 unspecified atom stereocenters.